The second kappa shape index (κ2) is 16.4. The maximum atomic E-state index is 14.8. The average molecular weight is 875 g/mol. The Bertz CT molecular complexity index is 2490. The lowest BCUT2D eigenvalue weighted by atomic mass is 9.72. The fourth-order valence-corrected chi connectivity index (χ4v) is 7.17. The minimum Gasteiger partial charge on any atom is -0.497 e. The van der Waals surface area contributed by atoms with Crippen molar-refractivity contribution in [3.63, 3.8) is 0 Å². The highest BCUT2D eigenvalue weighted by molar-refractivity contribution is 6.09. The molecule has 16 heteroatoms. The number of hydrogen-bond donors (Lipinski definition) is 0. The summed E-state index contributed by atoms with van der Waals surface area (Å²) in [4.78, 5) is 26.2. The number of rotatable bonds is 11. The van der Waals surface area contributed by atoms with Crippen molar-refractivity contribution >= 4 is 11.6 Å². The minimum absolute atomic E-state index is 0.0305. The van der Waals surface area contributed by atoms with Crippen LogP contribution in [0.15, 0.2) is 146 Å². The van der Waals surface area contributed by atoms with Gasteiger partial charge in [0.15, 0.2) is 11.6 Å². The van der Waals surface area contributed by atoms with Gasteiger partial charge >= 0.3 is 24.7 Å². The predicted octanol–water partition coefficient (Wildman–Crippen LogP) is 13.1. The molecule has 0 aliphatic heterocycles. The fourth-order valence-electron chi connectivity index (χ4n) is 7.17. The van der Waals surface area contributed by atoms with Crippen molar-refractivity contribution in [1.82, 2.24) is 0 Å². The Kier molecular flexibility index (Phi) is 11.9. The highest BCUT2D eigenvalue weighted by atomic mass is 19.4. The highest BCUT2D eigenvalue weighted by Gasteiger charge is 2.73. The quantitative estimate of drug-likeness (QED) is 0.0961. The summed E-state index contributed by atoms with van der Waals surface area (Å²) in [5.74, 6) is -1.65. The van der Waals surface area contributed by atoms with Crippen molar-refractivity contribution in [2.45, 2.75) is 42.5 Å². The topological polar surface area (TPSA) is 52.6 Å². The van der Waals surface area contributed by atoms with E-state index in [2.05, 4.69) is 0 Å². The molecule has 4 nitrogen and oxygen atoms in total. The van der Waals surface area contributed by atoms with E-state index in [1.54, 1.807) is 19.1 Å². The molecule has 0 spiro atoms. The lowest BCUT2D eigenvalue weighted by Gasteiger charge is -2.38. The second-order valence-corrected chi connectivity index (χ2v) is 14.0. The predicted molar refractivity (Wildman–Crippen MR) is 203 cm³/mol. The van der Waals surface area contributed by atoms with Crippen LogP contribution in [0.1, 0.15) is 59.7 Å². The number of alkyl halides is 12. The average Bonchev–Trinajstić information content (AvgIpc) is 3.21. The van der Waals surface area contributed by atoms with E-state index in [0.29, 0.717) is 48.5 Å². The molecule has 0 saturated carbocycles. The van der Waals surface area contributed by atoms with Crippen LogP contribution in [-0.4, -0.2) is 43.4 Å². The third kappa shape index (κ3) is 8.00. The Hall–Kier alpha value is -6.58. The van der Waals surface area contributed by atoms with Gasteiger partial charge < -0.3 is 9.47 Å². The molecule has 0 aliphatic carbocycles. The molecule has 0 amide bonds. The molecule has 6 aromatic carbocycles. The molecule has 6 rings (SSSR count). The van der Waals surface area contributed by atoms with E-state index in [4.69, 9.17) is 9.47 Å². The van der Waals surface area contributed by atoms with Gasteiger partial charge in [-0.25, -0.2) is 0 Å². The summed E-state index contributed by atoms with van der Waals surface area (Å²) in [6.07, 6.45) is -23.6. The summed E-state index contributed by atoms with van der Waals surface area (Å²) in [6.45, 7) is 1.76. The van der Waals surface area contributed by atoms with Crippen molar-refractivity contribution in [2.75, 3.05) is 7.11 Å². The number of aryl methyl sites for hydroxylation is 1. The second-order valence-electron chi connectivity index (χ2n) is 14.0. The number of ether oxygens (including phenoxy) is 2. The molecule has 0 radical (unpaired) electrons. The van der Waals surface area contributed by atoms with Crippen LogP contribution in [0.5, 0.6) is 17.2 Å². The normalized spacial score (nSPS) is 12.8. The zero-order valence-corrected chi connectivity index (χ0v) is 32.0. The largest absolute Gasteiger partial charge is 0.497 e. The fraction of sp³-hybridized carbons (Fsp3) is 0.174. The number of methoxy groups -OCH3 is 1. The standard InChI is InChI=1S/C46H30F12O4/c1-27-3-5-28(6-4-27)39(59)29-7-13-32(14-8-29)41(43(47,48)49,44(50,51)52)33-15-9-30(10-16-33)40(60)31-11-21-37(22-12-31)62-38-25-19-35(20-26-38)42(45(53,54)55,46(56,57)58)34-17-23-36(61-2)24-18-34/h3-26H,1-2H3. The van der Waals surface area contributed by atoms with Crippen LogP contribution in [0.3, 0.4) is 0 Å². The lowest BCUT2D eigenvalue weighted by Crippen LogP contribution is -2.54. The van der Waals surface area contributed by atoms with Crippen LogP contribution in [0.25, 0.3) is 0 Å². The molecule has 0 saturated heterocycles. The Labute approximate surface area is 345 Å². The van der Waals surface area contributed by atoms with Gasteiger partial charge in [-0.3, -0.25) is 9.59 Å². The zero-order valence-electron chi connectivity index (χ0n) is 32.0. The van der Waals surface area contributed by atoms with Gasteiger partial charge in [-0.15, -0.1) is 0 Å². The summed E-state index contributed by atoms with van der Waals surface area (Å²) in [5.41, 5.74) is -13.3. The maximum Gasteiger partial charge on any atom is 0.411 e. The number of ketones is 2. The van der Waals surface area contributed by atoms with Gasteiger partial charge in [-0.1, -0.05) is 103 Å². The summed E-state index contributed by atoms with van der Waals surface area (Å²) < 4.78 is 186. The van der Waals surface area contributed by atoms with Crippen LogP contribution >= 0.6 is 0 Å². The summed E-state index contributed by atoms with van der Waals surface area (Å²) in [5, 5.41) is 0. The summed E-state index contributed by atoms with van der Waals surface area (Å²) >= 11 is 0. The molecule has 0 unspecified atom stereocenters. The number of carbonyl (C=O) groups is 2. The molecule has 0 fully saturated rings. The van der Waals surface area contributed by atoms with Crippen LogP contribution < -0.4 is 9.47 Å². The van der Waals surface area contributed by atoms with E-state index in [0.717, 1.165) is 54.1 Å². The van der Waals surface area contributed by atoms with E-state index in [1.165, 1.54) is 43.5 Å². The van der Waals surface area contributed by atoms with E-state index in [9.17, 15) is 62.3 Å². The molecular weight excluding hydrogens is 844 g/mol. The van der Waals surface area contributed by atoms with Gasteiger partial charge in [0, 0.05) is 22.3 Å². The van der Waals surface area contributed by atoms with Gasteiger partial charge in [-0.05, 0) is 77.7 Å². The van der Waals surface area contributed by atoms with Crippen LogP contribution in [0, 0.1) is 6.92 Å². The van der Waals surface area contributed by atoms with Crippen LogP contribution in [0.4, 0.5) is 52.7 Å². The molecule has 0 N–H and O–H groups in total. The number of benzene rings is 6. The lowest BCUT2D eigenvalue weighted by molar-refractivity contribution is -0.290. The smallest absolute Gasteiger partial charge is 0.411 e. The van der Waals surface area contributed by atoms with Gasteiger partial charge in [-0.2, -0.15) is 52.7 Å². The number of hydrogen-bond acceptors (Lipinski definition) is 4. The molecule has 0 aromatic heterocycles. The van der Waals surface area contributed by atoms with Crippen molar-refractivity contribution < 1.29 is 71.7 Å². The van der Waals surface area contributed by atoms with Crippen molar-refractivity contribution in [3.8, 4) is 17.2 Å². The first-order valence-electron chi connectivity index (χ1n) is 18.1. The maximum absolute atomic E-state index is 14.8. The number of halogens is 12. The van der Waals surface area contributed by atoms with Crippen molar-refractivity contribution in [2.24, 2.45) is 0 Å². The Balaban J connectivity index is 1.24. The zero-order chi connectivity index (χ0) is 45.5. The van der Waals surface area contributed by atoms with Gasteiger partial charge in [0.1, 0.15) is 17.2 Å². The minimum atomic E-state index is -5.95. The molecule has 322 valence electrons. The molecule has 0 heterocycles. The molecule has 0 atom stereocenters. The summed E-state index contributed by atoms with van der Waals surface area (Å²) in [7, 11) is 1.19. The Morgan fingerprint density at radius 1 is 0.355 bits per heavy atom. The number of carbonyl (C=O) groups excluding carboxylic acids is 2. The SMILES string of the molecule is COc1ccc(C(c2ccc(Oc3ccc(C(=O)c4ccc(C(c5ccc(C(=O)c6ccc(C)cc6)cc5)(C(F)(F)F)C(F)(F)F)cc4)cc3)cc2)(C(F)(F)F)C(F)(F)F)cc1. The Morgan fingerprint density at radius 2 is 0.581 bits per heavy atom. The molecule has 0 bridgehead atoms. The molecular formula is C46H30F12O4. The third-order valence-electron chi connectivity index (χ3n) is 10.3. The van der Waals surface area contributed by atoms with E-state index in [1.807, 2.05) is 0 Å². The van der Waals surface area contributed by atoms with E-state index in [-0.39, 0.29) is 39.5 Å². The van der Waals surface area contributed by atoms with Crippen molar-refractivity contribution in [3.05, 3.63) is 196 Å². The van der Waals surface area contributed by atoms with Gasteiger partial charge in [0.25, 0.3) is 0 Å². The first-order chi connectivity index (χ1) is 28.9. The molecule has 62 heavy (non-hydrogen) atoms. The first-order valence-corrected chi connectivity index (χ1v) is 18.1. The molecule has 6 aromatic rings. The van der Waals surface area contributed by atoms with Gasteiger partial charge in [0.05, 0.1) is 7.11 Å². The van der Waals surface area contributed by atoms with Crippen molar-refractivity contribution in [1.29, 1.82) is 0 Å². The third-order valence-corrected chi connectivity index (χ3v) is 10.3. The first kappa shape index (κ1) is 45.0. The molecule has 0 aliphatic rings. The van der Waals surface area contributed by atoms with Crippen LogP contribution in [-0.2, 0) is 10.8 Å². The Morgan fingerprint density at radius 3 is 0.855 bits per heavy atom. The van der Waals surface area contributed by atoms with Crippen LogP contribution in [0.2, 0.25) is 0 Å². The highest BCUT2D eigenvalue weighted by Crippen LogP contribution is 2.58. The van der Waals surface area contributed by atoms with E-state index < -0.39 is 69.4 Å². The summed E-state index contributed by atoms with van der Waals surface area (Å²) in [6, 6.07) is 22.7. The monoisotopic (exact) mass is 874 g/mol. The van der Waals surface area contributed by atoms with Gasteiger partial charge in [0.2, 0.25) is 10.8 Å². The van der Waals surface area contributed by atoms with E-state index >= 15 is 0 Å².